The number of amides is 2. The summed E-state index contributed by atoms with van der Waals surface area (Å²) in [7, 11) is 1.53. The van der Waals surface area contributed by atoms with Gasteiger partial charge in [-0.1, -0.05) is 6.07 Å². The molecular formula is C30H32N8O6. The van der Waals surface area contributed by atoms with Crippen molar-refractivity contribution in [2.24, 2.45) is 0 Å². The summed E-state index contributed by atoms with van der Waals surface area (Å²) in [5, 5.41) is 22.7. The highest BCUT2D eigenvalue weighted by atomic mass is 16.5. The third kappa shape index (κ3) is 6.44. The highest BCUT2D eigenvalue weighted by molar-refractivity contribution is 6.06. The van der Waals surface area contributed by atoms with Gasteiger partial charge >= 0.3 is 0 Å². The molecule has 228 valence electrons. The van der Waals surface area contributed by atoms with Crippen molar-refractivity contribution in [2.45, 2.75) is 32.7 Å². The van der Waals surface area contributed by atoms with Gasteiger partial charge in [-0.3, -0.25) is 14.4 Å². The molecular weight excluding hydrogens is 568 g/mol. The SMILES string of the molecule is CC(=O)O.COc1cc(-c2nn(C3CCNCC3)c3ncnc(N)c23)ccc1NC(=O)c1cc2cc(NC(C)=O)ccc2o1. The van der Waals surface area contributed by atoms with E-state index in [-0.39, 0.29) is 17.7 Å². The highest BCUT2D eigenvalue weighted by Gasteiger charge is 2.24. The van der Waals surface area contributed by atoms with Gasteiger partial charge < -0.3 is 35.9 Å². The first-order valence-corrected chi connectivity index (χ1v) is 13.8. The molecule has 0 spiro atoms. The van der Waals surface area contributed by atoms with Crippen molar-refractivity contribution in [1.82, 2.24) is 25.1 Å². The third-order valence-corrected chi connectivity index (χ3v) is 6.96. The van der Waals surface area contributed by atoms with Crippen molar-refractivity contribution in [1.29, 1.82) is 0 Å². The maximum Gasteiger partial charge on any atom is 0.300 e. The second kappa shape index (κ2) is 12.8. The van der Waals surface area contributed by atoms with Crippen LogP contribution in [-0.2, 0) is 9.59 Å². The van der Waals surface area contributed by atoms with Crippen molar-refractivity contribution in [2.75, 3.05) is 36.6 Å². The topological polar surface area (TPSA) is 200 Å². The fourth-order valence-electron chi connectivity index (χ4n) is 5.07. The Kier molecular flexibility index (Phi) is 8.71. The predicted molar refractivity (Wildman–Crippen MR) is 165 cm³/mol. The summed E-state index contributed by atoms with van der Waals surface area (Å²) in [6, 6.07) is 12.4. The fourth-order valence-corrected chi connectivity index (χ4v) is 5.07. The smallest absolute Gasteiger partial charge is 0.300 e. The molecule has 4 heterocycles. The molecule has 0 bridgehead atoms. The van der Waals surface area contributed by atoms with E-state index in [2.05, 4.69) is 25.9 Å². The number of furan rings is 1. The lowest BCUT2D eigenvalue weighted by atomic mass is 10.1. The van der Waals surface area contributed by atoms with Crippen LogP contribution in [0.1, 0.15) is 43.3 Å². The number of fused-ring (bicyclic) bond motifs is 2. The molecule has 1 fully saturated rings. The lowest BCUT2D eigenvalue weighted by Gasteiger charge is -2.23. The molecule has 0 saturated carbocycles. The zero-order chi connectivity index (χ0) is 31.4. The van der Waals surface area contributed by atoms with Gasteiger partial charge in [0.1, 0.15) is 29.2 Å². The monoisotopic (exact) mass is 600 g/mol. The molecule has 0 atom stereocenters. The lowest BCUT2D eigenvalue weighted by molar-refractivity contribution is -0.134. The predicted octanol–water partition coefficient (Wildman–Crippen LogP) is 4.06. The van der Waals surface area contributed by atoms with E-state index < -0.39 is 11.9 Å². The van der Waals surface area contributed by atoms with Gasteiger partial charge in [-0.15, -0.1) is 0 Å². The maximum atomic E-state index is 13.1. The van der Waals surface area contributed by atoms with E-state index in [1.54, 1.807) is 36.4 Å². The molecule has 6 N–H and O–H groups in total. The number of ether oxygens (including phenoxy) is 1. The highest BCUT2D eigenvalue weighted by Crippen LogP contribution is 2.37. The first-order valence-electron chi connectivity index (χ1n) is 13.8. The number of carbonyl (C=O) groups excluding carboxylic acids is 2. The van der Waals surface area contributed by atoms with Crippen molar-refractivity contribution < 1.29 is 28.6 Å². The number of aliphatic carboxylic acids is 1. The number of nitrogens with two attached hydrogens (primary N) is 1. The van der Waals surface area contributed by atoms with Crippen molar-refractivity contribution >= 4 is 57.0 Å². The normalized spacial score (nSPS) is 13.2. The number of carboxylic acid groups (broad SMARTS) is 1. The van der Waals surface area contributed by atoms with Gasteiger partial charge in [-0.25, -0.2) is 14.6 Å². The number of benzene rings is 2. The van der Waals surface area contributed by atoms with Gasteiger partial charge in [0.25, 0.3) is 11.9 Å². The molecule has 6 rings (SSSR count). The Morgan fingerprint density at radius 1 is 1.07 bits per heavy atom. The van der Waals surface area contributed by atoms with E-state index in [1.165, 1.54) is 20.4 Å². The van der Waals surface area contributed by atoms with E-state index in [1.807, 2.05) is 10.7 Å². The molecule has 44 heavy (non-hydrogen) atoms. The number of carbonyl (C=O) groups is 3. The van der Waals surface area contributed by atoms with Crippen LogP contribution in [-0.4, -0.2) is 62.8 Å². The number of methoxy groups -OCH3 is 1. The van der Waals surface area contributed by atoms with Crippen molar-refractivity contribution in [3.05, 3.63) is 54.6 Å². The lowest BCUT2D eigenvalue weighted by Crippen LogP contribution is -2.30. The standard InChI is InChI=1S/C28H28N8O4.C2H4O2/c1-15(37)33-18-4-6-21-17(11-18)13-23(40-21)28(38)34-20-5-3-16(12-22(20)39-2)25-24-26(29)31-14-32-27(24)36(35-25)19-7-9-30-10-8-19;1-2(3)4/h3-6,11-14,19,30H,7-10H2,1-2H3,(H,33,37)(H,34,38)(H2,29,31,32);1H3,(H,3,4). The molecule has 1 aliphatic rings. The summed E-state index contributed by atoms with van der Waals surface area (Å²) in [6.07, 6.45) is 3.33. The van der Waals surface area contributed by atoms with Crippen LogP contribution < -0.4 is 26.4 Å². The Hall–Kier alpha value is -5.50. The first-order chi connectivity index (χ1) is 21.1. The Labute approximate surface area is 251 Å². The van der Waals surface area contributed by atoms with E-state index >= 15 is 0 Å². The summed E-state index contributed by atoms with van der Waals surface area (Å²) >= 11 is 0. The molecule has 14 heteroatoms. The minimum absolute atomic E-state index is 0.123. The van der Waals surface area contributed by atoms with Crippen LogP contribution in [0.3, 0.4) is 0 Å². The van der Waals surface area contributed by atoms with Gasteiger partial charge in [0, 0.05) is 30.5 Å². The first kappa shape index (κ1) is 30.0. The zero-order valence-electron chi connectivity index (χ0n) is 24.4. The number of nitrogen functional groups attached to an aromatic ring is 1. The minimum atomic E-state index is -0.833. The fraction of sp³-hybridized carbons (Fsp3) is 0.267. The molecule has 0 radical (unpaired) electrons. The van der Waals surface area contributed by atoms with Gasteiger partial charge in [-0.2, -0.15) is 5.10 Å². The maximum absolute atomic E-state index is 13.1. The molecule has 3 aromatic heterocycles. The van der Waals surface area contributed by atoms with Crippen molar-refractivity contribution in [3.8, 4) is 17.0 Å². The van der Waals surface area contributed by atoms with Crippen LogP contribution in [0, 0.1) is 0 Å². The van der Waals surface area contributed by atoms with Crippen LogP contribution in [0.15, 0.2) is 53.2 Å². The quantitative estimate of drug-likeness (QED) is 0.188. The number of rotatable bonds is 6. The van der Waals surface area contributed by atoms with Gasteiger partial charge in [0.15, 0.2) is 11.4 Å². The van der Waals surface area contributed by atoms with E-state index in [4.69, 9.17) is 29.9 Å². The molecule has 0 unspecified atom stereocenters. The van der Waals surface area contributed by atoms with E-state index in [9.17, 15) is 9.59 Å². The van der Waals surface area contributed by atoms with Crippen LogP contribution in [0.5, 0.6) is 5.75 Å². The Morgan fingerprint density at radius 3 is 2.52 bits per heavy atom. The number of anilines is 3. The molecule has 2 amide bonds. The van der Waals surface area contributed by atoms with Crippen LogP contribution in [0.4, 0.5) is 17.2 Å². The Balaban J connectivity index is 0.000000906. The number of hydrogen-bond donors (Lipinski definition) is 5. The van der Waals surface area contributed by atoms with E-state index in [0.29, 0.717) is 50.6 Å². The average molecular weight is 601 g/mol. The van der Waals surface area contributed by atoms with Gasteiger partial charge in [0.2, 0.25) is 5.91 Å². The molecule has 2 aromatic carbocycles. The Bertz CT molecular complexity index is 1850. The van der Waals surface area contributed by atoms with E-state index in [0.717, 1.165) is 38.4 Å². The molecule has 0 aliphatic carbocycles. The number of nitrogens with zero attached hydrogens (tertiary/aromatic N) is 4. The molecule has 1 saturated heterocycles. The second-order valence-electron chi connectivity index (χ2n) is 10.2. The number of hydrogen-bond acceptors (Lipinski definition) is 10. The summed E-state index contributed by atoms with van der Waals surface area (Å²) in [5.74, 6) is -0.546. The summed E-state index contributed by atoms with van der Waals surface area (Å²) < 4.78 is 13.3. The average Bonchev–Trinajstić information content (AvgIpc) is 3.60. The Morgan fingerprint density at radius 2 is 1.82 bits per heavy atom. The largest absolute Gasteiger partial charge is 0.495 e. The molecule has 14 nitrogen and oxygen atoms in total. The van der Waals surface area contributed by atoms with Crippen molar-refractivity contribution in [3.63, 3.8) is 0 Å². The van der Waals surface area contributed by atoms with Crippen LogP contribution in [0.25, 0.3) is 33.3 Å². The molecule has 5 aromatic rings. The molecule has 1 aliphatic heterocycles. The summed E-state index contributed by atoms with van der Waals surface area (Å²) in [6.45, 7) is 4.33. The van der Waals surface area contributed by atoms with Gasteiger partial charge in [0.05, 0.1) is 24.2 Å². The number of nitrogens with one attached hydrogen (secondary N) is 3. The second-order valence-corrected chi connectivity index (χ2v) is 10.2. The van der Waals surface area contributed by atoms with Crippen LogP contribution in [0.2, 0.25) is 0 Å². The van der Waals surface area contributed by atoms with Gasteiger partial charge in [-0.05, 0) is 62.3 Å². The number of piperidine rings is 1. The number of aromatic nitrogens is 4. The summed E-state index contributed by atoms with van der Waals surface area (Å²) in [4.78, 5) is 42.2. The summed E-state index contributed by atoms with van der Waals surface area (Å²) in [5.41, 5.74) is 9.99. The number of carboxylic acids is 1. The third-order valence-electron chi connectivity index (χ3n) is 6.96. The van der Waals surface area contributed by atoms with Crippen LogP contribution >= 0.6 is 0 Å². The zero-order valence-corrected chi connectivity index (χ0v) is 24.4. The minimum Gasteiger partial charge on any atom is -0.495 e.